The van der Waals surface area contributed by atoms with Crippen molar-refractivity contribution in [3.63, 3.8) is 0 Å². The summed E-state index contributed by atoms with van der Waals surface area (Å²) >= 11 is 1.65. The largest absolute Gasteiger partial charge is 0.385 e. The Hall–Kier alpha value is -7.79. The second-order valence-corrected chi connectivity index (χ2v) is 35.1. The Morgan fingerprint density at radius 2 is 0.685 bits per heavy atom. The number of rotatable bonds is 27. The van der Waals surface area contributed by atoms with Crippen LogP contribution in [0.1, 0.15) is 160 Å². The van der Waals surface area contributed by atoms with Crippen LogP contribution in [0, 0.1) is 6.92 Å². The predicted molar refractivity (Wildman–Crippen MR) is 432 cm³/mol. The van der Waals surface area contributed by atoms with E-state index in [1.165, 1.54) is 49.3 Å². The maximum Gasteiger partial charge on any atom is 0.373 e. The molecule has 0 spiro atoms. The molecule has 4 heterocycles. The highest BCUT2D eigenvalue weighted by Crippen LogP contribution is 2.45. The molecule has 4 unspecified atom stereocenters. The first-order valence-electron chi connectivity index (χ1n) is 36.9. The molecule has 0 bridgehead atoms. The number of carbonyl (C=O) groups excluding carboxylic acids is 2. The average molecular weight is 1570 g/mol. The van der Waals surface area contributed by atoms with E-state index in [2.05, 4.69) is 41.2 Å². The lowest BCUT2D eigenvalue weighted by Gasteiger charge is -2.24. The molecule has 0 aromatic heterocycles. The smallest absolute Gasteiger partial charge is 0.373 e. The number of ether oxygens (including phenoxy) is 3. The van der Waals surface area contributed by atoms with E-state index in [1.807, 2.05) is 172 Å². The molecule has 0 amide bonds. The molecule has 0 fully saturated rings. The highest BCUT2D eigenvalue weighted by atomic mass is 32.2. The topological polar surface area (TPSA) is 259 Å². The van der Waals surface area contributed by atoms with E-state index in [4.69, 9.17) is 23.8 Å². The van der Waals surface area contributed by atoms with Crippen LogP contribution in [-0.4, -0.2) is 140 Å². The third-order valence-corrected chi connectivity index (χ3v) is 27.7. The summed E-state index contributed by atoms with van der Waals surface area (Å²) < 4.78 is 127. The minimum atomic E-state index is -3.62. The Balaban J connectivity index is 0.000000179. The molecule has 108 heavy (non-hydrogen) atoms. The number of fused-ring (bicyclic) bond motifs is 8. The number of unbranched alkanes of at least 4 members (excludes halogenated alkanes) is 5. The number of para-hydroxylation sites is 4. The predicted octanol–water partition coefficient (Wildman–Crippen LogP) is 14.1. The van der Waals surface area contributed by atoms with E-state index < -0.39 is 40.1 Å². The van der Waals surface area contributed by atoms with Crippen molar-refractivity contribution in [2.75, 3.05) is 117 Å². The molecule has 4 N–H and O–H groups in total. The number of thioether (sulfide) groups is 1. The number of anilines is 4. The second-order valence-electron chi connectivity index (χ2n) is 26.2. The van der Waals surface area contributed by atoms with Crippen LogP contribution in [0.4, 0.5) is 22.7 Å². The molecule has 0 saturated heterocycles. The Labute approximate surface area is 645 Å². The van der Waals surface area contributed by atoms with E-state index >= 15 is 0 Å². The van der Waals surface area contributed by atoms with Crippen molar-refractivity contribution in [1.29, 1.82) is 0 Å². The van der Waals surface area contributed by atoms with Crippen molar-refractivity contribution in [3.8, 4) is 0 Å². The molecule has 4 atom stereocenters. The summed E-state index contributed by atoms with van der Waals surface area (Å²) in [5.74, 6) is 0.896. The van der Waals surface area contributed by atoms with Gasteiger partial charge in [-0.2, -0.15) is 9.59 Å². The molecule has 582 valence electrons. The second kappa shape index (κ2) is 41.3. The zero-order valence-corrected chi connectivity index (χ0v) is 67.8. The summed E-state index contributed by atoms with van der Waals surface area (Å²) in [7, 11) is -6.07. The molecule has 21 nitrogen and oxygen atoms in total. The van der Waals surface area contributed by atoms with Gasteiger partial charge in [0, 0.05) is 73.2 Å². The van der Waals surface area contributed by atoms with Crippen LogP contribution >= 0.6 is 11.8 Å². The summed E-state index contributed by atoms with van der Waals surface area (Å²) in [6, 6.07) is 56.4. The number of benzene rings is 8. The molecular weight excluding hydrogens is 1470 g/mol. The van der Waals surface area contributed by atoms with Crippen molar-refractivity contribution in [2.24, 2.45) is 0 Å². The Morgan fingerprint density at radius 3 is 1.06 bits per heavy atom. The first kappa shape index (κ1) is 85.8. The van der Waals surface area contributed by atoms with Crippen molar-refractivity contribution in [1.82, 2.24) is 21.3 Å². The fourth-order valence-corrected chi connectivity index (χ4v) is 21.3. The first-order chi connectivity index (χ1) is 52.1. The molecule has 4 aliphatic heterocycles. The van der Waals surface area contributed by atoms with Crippen molar-refractivity contribution in [2.45, 2.75) is 141 Å². The first-order valence-corrected chi connectivity index (χ1v) is 43.7. The monoisotopic (exact) mass is 1570 g/mol. The summed E-state index contributed by atoms with van der Waals surface area (Å²) in [5, 5.41) is 14.2. The van der Waals surface area contributed by atoms with Gasteiger partial charge in [-0.25, -0.2) is 33.7 Å². The van der Waals surface area contributed by atoms with Crippen molar-refractivity contribution < 1.29 is 57.5 Å². The minimum absolute atomic E-state index is 0.116. The third kappa shape index (κ3) is 20.2. The number of methoxy groups -OCH3 is 3. The van der Waals surface area contributed by atoms with Gasteiger partial charge in [-0.15, -0.1) is 11.8 Å². The highest BCUT2D eigenvalue weighted by Gasteiger charge is 2.40. The molecule has 0 saturated carbocycles. The van der Waals surface area contributed by atoms with Gasteiger partial charge in [-0.3, -0.25) is 17.2 Å². The molecule has 0 aliphatic carbocycles. The van der Waals surface area contributed by atoms with Gasteiger partial charge < -0.3 is 35.5 Å². The molecule has 0 radical (unpaired) electrons. The molecule has 8 aromatic rings. The van der Waals surface area contributed by atoms with Gasteiger partial charge >= 0.3 is 6.15 Å². The van der Waals surface area contributed by atoms with Crippen LogP contribution < -0.4 is 38.5 Å². The zero-order valence-electron chi connectivity index (χ0n) is 63.7. The van der Waals surface area contributed by atoms with Gasteiger partial charge in [0.1, 0.15) is 0 Å². The Morgan fingerprint density at radius 1 is 0.370 bits per heavy atom. The van der Waals surface area contributed by atoms with Gasteiger partial charge in [-0.05, 0) is 183 Å². The zero-order chi connectivity index (χ0) is 78.0. The SMILES string of the molecule is CCCCCCCCNC1c2ccccc2N(CC)S(=O)(=O)c2ccccc21.CCN1c2ccccc2C(NCCCOC)c2ccccc2S1(=O)=O.CCSc1ccc2c(c1)S(=O)(=O)N(C)c1ccccc1C2NCCCOC.COCCCNC1c2ccccc2N(C)S(=O)(=O)c2cc(C)ccc21.O=C=O. The fourth-order valence-electron chi connectivity index (χ4n) is 14.0. The number of aryl methyl sites for hydroxylation is 1. The van der Waals surface area contributed by atoms with Crippen molar-refractivity contribution >= 4 is 80.8 Å². The standard InChI is InChI=1S/C23H32N2O2S.C20H26N2O3S2.2C19H24N2O3S.CO2/c1-3-5-6-7-8-13-18-24-23-19-14-9-11-16-21(19)25(4-2)28(26,27)22-17-12-10-15-20(22)23;1-4-26-15-10-11-17-19(14-15)27(23,24)22(2)18-9-6-5-8-16(18)20(17)21-12-7-13-25-3;1-14-9-10-16-18(13-14)25(22,23)21(2)17-8-5-4-7-15(17)19(16)20-11-6-12-24-3;1-3-21-17-11-6-4-9-15(17)19(20-13-8-14-24-2)16-10-5-7-12-18(16)25(21,22)23;2-1-3/h9-12,14-17,23-24H,3-8,13,18H2,1-2H3;5-6,8-11,14,20-21H,4,7,12-13H2,1-3H3;4-5,7-10,13,19-20H,6,11-12H2,1-3H3;4-7,9-12,19-20H,3,8,13-14H2,1-2H3;. The van der Waals surface area contributed by atoms with Gasteiger partial charge in [0.25, 0.3) is 40.1 Å². The van der Waals surface area contributed by atoms with Crippen LogP contribution in [0.5, 0.6) is 0 Å². The lowest BCUT2D eigenvalue weighted by atomic mass is 9.96. The van der Waals surface area contributed by atoms with Crippen LogP contribution in [0.3, 0.4) is 0 Å². The number of hydrogen-bond donors (Lipinski definition) is 4. The van der Waals surface area contributed by atoms with E-state index in [0.717, 1.165) is 124 Å². The van der Waals surface area contributed by atoms with E-state index in [9.17, 15) is 33.7 Å². The summed E-state index contributed by atoms with van der Waals surface area (Å²) in [5.41, 5.74) is 11.0. The number of nitrogens with zero attached hydrogens (tertiary/aromatic N) is 4. The maximum atomic E-state index is 13.3. The highest BCUT2D eigenvalue weighted by molar-refractivity contribution is 7.99. The number of nitrogens with one attached hydrogen (secondary N) is 4. The van der Waals surface area contributed by atoms with Crippen LogP contribution in [0.15, 0.2) is 206 Å². The average Bonchev–Trinajstić information content (AvgIpc) is 1.64. The van der Waals surface area contributed by atoms with Crippen LogP contribution in [0.25, 0.3) is 0 Å². The van der Waals surface area contributed by atoms with E-state index in [0.29, 0.717) is 63.9 Å². The lowest BCUT2D eigenvalue weighted by molar-refractivity contribution is -0.191. The quantitative estimate of drug-likeness (QED) is 0.0275. The maximum absolute atomic E-state index is 13.3. The minimum Gasteiger partial charge on any atom is -0.385 e. The Kier molecular flexibility index (Phi) is 32.8. The van der Waals surface area contributed by atoms with Crippen LogP contribution in [0.2, 0.25) is 0 Å². The van der Waals surface area contributed by atoms with Gasteiger partial charge in [-0.1, -0.05) is 173 Å². The number of hydrogen-bond acceptors (Lipinski definition) is 18. The van der Waals surface area contributed by atoms with Crippen LogP contribution in [-0.2, 0) is 63.9 Å². The van der Waals surface area contributed by atoms with E-state index in [1.54, 1.807) is 71.5 Å². The van der Waals surface area contributed by atoms with Gasteiger partial charge in [0.15, 0.2) is 0 Å². The Bertz CT molecular complexity index is 4760. The third-order valence-electron chi connectivity index (χ3n) is 19.2. The van der Waals surface area contributed by atoms with Gasteiger partial charge in [0.2, 0.25) is 0 Å². The van der Waals surface area contributed by atoms with Gasteiger partial charge in [0.05, 0.1) is 66.5 Å². The molecule has 26 heteroatoms. The molecular formula is C82H106N8O13S5. The fraction of sp³-hybridized carbons (Fsp3) is 0.402. The number of sulfonamides is 4. The summed E-state index contributed by atoms with van der Waals surface area (Å²) in [6.07, 6.45) is 10.3. The summed E-state index contributed by atoms with van der Waals surface area (Å²) in [4.78, 5) is 18.8. The van der Waals surface area contributed by atoms with Crippen molar-refractivity contribution in [3.05, 3.63) is 232 Å². The molecule has 12 rings (SSSR count). The molecule has 4 aliphatic rings. The molecule has 8 aromatic carbocycles. The normalized spacial score (nSPS) is 17.6. The summed E-state index contributed by atoms with van der Waals surface area (Å²) in [6.45, 7) is 15.9. The lowest BCUT2D eigenvalue weighted by Crippen LogP contribution is -2.30. The van der Waals surface area contributed by atoms with E-state index in [-0.39, 0.29) is 30.3 Å².